The van der Waals surface area contributed by atoms with E-state index in [0.717, 1.165) is 0 Å². The van der Waals surface area contributed by atoms with Gasteiger partial charge in [-0.3, -0.25) is 0 Å². The third-order valence-corrected chi connectivity index (χ3v) is 1.93. The maximum absolute atomic E-state index is 10.6. The van der Waals surface area contributed by atoms with Crippen LogP contribution in [0.1, 0.15) is 20.7 Å². The Hall–Kier alpha value is -0.360. The van der Waals surface area contributed by atoms with Gasteiger partial charge in [-0.25, -0.2) is 4.79 Å². The molecule has 0 amide bonds. The van der Waals surface area contributed by atoms with Crippen molar-refractivity contribution in [2.24, 2.45) is 0 Å². The molecule has 0 unspecified atom stereocenters. The van der Waals surface area contributed by atoms with Gasteiger partial charge in [0.25, 0.3) is 0 Å². The molecule has 0 fully saturated rings. The van der Waals surface area contributed by atoms with E-state index >= 15 is 0 Å². The Morgan fingerprint density at radius 1 is 1.29 bits per heavy atom. The number of hydrogen-bond donors (Lipinski definition) is 1. The number of rotatable bonds is 2. The summed E-state index contributed by atoms with van der Waals surface area (Å²) < 4.78 is 0.509. The second-order valence-corrected chi connectivity index (χ2v) is 3.20. The van der Waals surface area contributed by atoms with Crippen LogP contribution in [0.5, 0.6) is 0 Å². The molecule has 6 heteroatoms. The largest absolute Gasteiger partial charge is 1.00 e. The molecule has 0 radical (unpaired) electrons. The number of carbonyl (C=O) groups is 2. The van der Waals surface area contributed by atoms with Gasteiger partial charge >= 0.3 is 35.5 Å². The van der Waals surface area contributed by atoms with Gasteiger partial charge < -0.3 is 15.0 Å². The molecular weight excluding hydrogens is 263 g/mol. The van der Waals surface area contributed by atoms with E-state index < -0.39 is 11.9 Å². The molecule has 0 aliphatic rings. The first-order valence-corrected chi connectivity index (χ1v) is 4.06. The van der Waals surface area contributed by atoms with Crippen molar-refractivity contribution in [1.29, 1.82) is 0 Å². The second kappa shape index (κ2) is 5.50. The Kier molecular flexibility index (Phi) is 5.36. The van der Waals surface area contributed by atoms with Gasteiger partial charge in [0.2, 0.25) is 0 Å². The standard InChI is InChI=1S/C8H5BrO4.Na/c9-4-1-2-5(7(10)11)6(3-4)8(12)13;/h1-3H,(H,10,11)(H,12,13);/q;+1/p-1. The number of hydrogen-bond acceptors (Lipinski definition) is 3. The van der Waals surface area contributed by atoms with Gasteiger partial charge in [0, 0.05) is 10.0 Å². The molecule has 1 aromatic rings. The third-order valence-electron chi connectivity index (χ3n) is 1.43. The van der Waals surface area contributed by atoms with Crippen LogP contribution in [0, 0.1) is 0 Å². The van der Waals surface area contributed by atoms with E-state index in [1.165, 1.54) is 18.2 Å². The predicted molar refractivity (Wildman–Crippen MR) is 45.4 cm³/mol. The molecule has 0 saturated carbocycles. The quantitative estimate of drug-likeness (QED) is 0.602. The molecular formula is C8H4BrNaO4. The zero-order valence-corrected chi connectivity index (χ0v) is 10.9. The summed E-state index contributed by atoms with van der Waals surface area (Å²) >= 11 is 3.04. The molecule has 0 heterocycles. The van der Waals surface area contributed by atoms with Gasteiger partial charge in [0.05, 0.1) is 11.5 Å². The van der Waals surface area contributed by atoms with Crippen LogP contribution in [-0.4, -0.2) is 17.0 Å². The van der Waals surface area contributed by atoms with Crippen molar-refractivity contribution in [2.45, 2.75) is 0 Å². The summed E-state index contributed by atoms with van der Waals surface area (Å²) in [6.07, 6.45) is 0. The predicted octanol–water partition coefficient (Wildman–Crippen LogP) is -2.49. The maximum Gasteiger partial charge on any atom is 1.00 e. The van der Waals surface area contributed by atoms with Crippen LogP contribution in [0.3, 0.4) is 0 Å². The Morgan fingerprint density at radius 2 is 1.86 bits per heavy atom. The van der Waals surface area contributed by atoms with Crippen LogP contribution in [0.25, 0.3) is 0 Å². The number of halogens is 1. The average molecular weight is 267 g/mol. The van der Waals surface area contributed by atoms with Crippen molar-refractivity contribution in [3.8, 4) is 0 Å². The Labute approximate surface area is 110 Å². The van der Waals surface area contributed by atoms with Crippen LogP contribution in [0.15, 0.2) is 22.7 Å². The first-order chi connectivity index (χ1) is 6.02. The average Bonchev–Trinajstić information content (AvgIpc) is 2.03. The molecule has 0 atom stereocenters. The molecule has 1 rings (SSSR count). The fraction of sp³-hybridized carbons (Fsp3) is 0. The van der Waals surface area contributed by atoms with E-state index in [9.17, 15) is 14.7 Å². The van der Waals surface area contributed by atoms with Crippen molar-refractivity contribution in [3.63, 3.8) is 0 Å². The first kappa shape index (κ1) is 13.6. The van der Waals surface area contributed by atoms with Crippen LogP contribution in [0.2, 0.25) is 0 Å². The Balaban J connectivity index is 0.00000169. The fourth-order valence-electron chi connectivity index (χ4n) is 0.871. The van der Waals surface area contributed by atoms with Crippen molar-refractivity contribution in [2.75, 3.05) is 0 Å². The van der Waals surface area contributed by atoms with E-state index in [4.69, 9.17) is 5.11 Å². The minimum absolute atomic E-state index is 0. The van der Waals surface area contributed by atoms with E-state index in [1.807, 2.05) is 0 Å². The van der Waals surface area contributed by atoms with Gasteiger partial charge in [-0.15, -0.1) is 0 Å². The number of benzene rings is 1. The molecule has 0 aromatic heterocycles. The van der Waals surface area contributed by atoms with Gasteiger partial charge in [-0.1, -0.05) is 22.0 Å². The van der Waals surface area contributed by atoms with Crippen LogP contribution < -0.4 is 34.7 Å². The monoisotopic (exact) mass is 266 g/mol. The third kappa shape index (κ3) is 3.09. The van der Waals surface area contributed by atoms with Gasteiger partial charge in [0.15, 0.2) is 0 Å². The van der Waals surface area contributed by atoms with Gasteiger partial charge in [-0.2, -0.15) is 0 Å². The van der Waals surface area contributed by atoms with E-state index in [-0.39, 0.29) is 40.7 Å². The minimum atomic E-state index is -1.50. The van der Waals surface area contributed by atoms with E-state index in [1.54, 1.807) is 0 Å². The number of carbonyl (C=O) groups excluding carboxylic acids is 1. The van der Waals surface area contributed by atoms with Crippen molar-refractivity contribution in [1.82, 2.24) is 0 Å². The van der Waals surface area contributed by atoms with Crippen molar-refractivity contribution >= 4 is 27.9 Å². The fourth-order valence-corrected chi connectivity index (χ4v) is 1.23. The topological polar surface area (TPSA) is 77.4 Å². The summed E-state index contributed by atoms with van der Waals surface area (Å²) in [5.41, 5.74) is -0.606. The summed E-state index contributed by atoms with van der Waals surface area (Å²) in [5.74, 6) is -2.79. The van der Waals surface area contributed by atoms with E-state index in [2.05, 4.69) is 15.9 Å². The van der Waals surface area contributed by atoms with E-state index in [0.29, 0.717) is 4.47 Å². The molecule has 0 aliphatic carbocycles. The molecule has 1 aromatic carbocycles. The van der Waals surface area contributed by atoms with Gasteiger partial charge in [0.1, 0.15) is 0 Å². The SMILES string of the molecule is O=C([O-])c1ccc(Br)cc1C(=O)O.[Na+]. The number of carboxylic acid groups (broad SMARTS) is 2. The zero-order chi connectivity index (χ0) is 10.0. The zero-order valence-electron chi connectivity index (χ0n) is 7.28. The summed E-state index contributed by atoms with van der Waals surface area (Å²) in [5, 5.41) is 19.1. The molecule has 0 bridgehead atoms. The van der Waals surface area contributed by atoms with Crippen LogP contribution in [0.4, 0.5) is 0 Å². The molecule has 0 spiro atoms. The smallest absolute Gasteiger partial charge is 0.545 e. The summed E-state index contributed by atoms with van der Waals surface area (Å²) in [6.45, 7) is 0. The molecule has 0 saturated heterocycles. The minimum Gasteiger partial charge on any atom is -0.545 e. The van der Waals surface area contributed by atoms with Crippen molar-refractivity contribution < 1.29 is 49.4 Å². The van der Waals surface area contributed by atoms with Gasteiger partial charge in [-0.05, 0) is 12.1 Å². The second-order valence-electron chi connectivity index (χ2n) is 2.28. The summed E-state index contributed by atoms with van der Waals surface area (Å²) in [4.78, 5) is 21.0. The maximum atomic E-state index is 10.6. The summed E-state index contributed by atoms with van der Waals surface area (Å²) in [7, 11) is 0. The number of aromatic carboxylic acids is 2. The molecule has 68 valence electrons. The Morgan fingerprint density at radius 3 is 2.29 bits per heavy atom. The molecule has 4 nitrogen and oxygen atoms in total. The van der Waals surface area contributed by atoms with Crippen LogP contribution >= 0.6 is 15.9 Å². The molecule has 1 N–H and O–H groups in total. The normalized spacial score (nSPS) is 8.93. The molecule has 0 aliphatic heterocycles. The van der Waals surface area contributed by atoms with Crippen molar-refractivity contribution in [3.05, 3.63) is 33.8 Å². The first-order valence-electron chi connectivity index (χ1n) is 3.26. The Bertz CT molecular complexity index is 378. The summed E-state index contributed by atoms with van der Waals surface area (Å²) in [6, 6.07) is 3.84. The van der Waals surface area contributed by atoms with Crippen LogP contribution in [-0.2, 0) is 0 Å². The number of carboxylic acids is 2. The molecule has 14 heavy (non-hydrogen) atoms.